The summed E-state index contributed by atoms with van der Waals surface area (Å²) in [6.45, 7) is 0. The second-order valence-corrected chi connectivity index (χ2v) is 6.30. The van der Waals surface area contributed by atoms with Gasteiger partial charge in [-0.25, -0.2) is 4.98 Å². The predicted octanol–water partition coefficient (Wildman–Crippen LogP) is 5.00. The van der Waals surface area contributed by atoms with Crippen LogP contribution in [0.15, 0.2) is 104 Å². The maximum atomic E-state index is 6.69. The summed E-state index contributed by atoms with van der Waals surface area (Å²) < 4.78 is 2.12. The summed E-state index contributed by atoms with van der Waals surface area (Å²) >= 11 is 6.69. The Kier molecular flexibility index (Phi) is 5.94. The Morgan fingerprint density at radius 2 is 1.27 bits per heavy atom. The number of benzene rings is 3. The Morgan fingerprint density at radius 3 is 1.77 bits per heavy atom. The molecule has 126 valence electrons. The Bertz CT molecular complexity index is 914. The van der Waals surface area contributed by atoms with E-state index in [1.54, 1.807) is 6.20 Å². The van der Waals surface area contributed by atoms with Crippen LogP contribution in [0.25, 0.3) is 0 Å². The zero-order chi connectivity index (χ0) is 17.1. The van der Waals surface area contributed by atoms with Crippen LogP contribution in [0.5, 0.6) is 0 Å². The Morgan fingerprint density at radius 1 is 0.731 bits per heavy atom. The summed E-state index contributed by atoms with van der Waals surface area (Å²) in [7, 11) is 0. The van der Waals surface area contributed by atoms with Gasteiger partial charge in [0.15, 0.2) is 0 Å². The average Bonchev–Trinajstić information content (AvgIpc) is 3.21. The predicted molar refractivity (Wildman–Crippen MR) is 108 cm³/mol. The normalized spacial score (nSPS) is 11.0. The molecule has 0 saturated carbocycles. The number of hydrogen-bond acceptors (Lipinski definition) is 1. The van der Waals surface area contributed by atoms with Gasteiger partial charge in [0.05, 0.1) is 6.33 Å². The molecule has 2 nitrogen and oxygen atoms in total. The van der Waals surface area contributed by atoms with Gasteiger partial charge in [0.25, 0.3) is 0 Å². The molecule has 0 unspecified atom stereocenters. The van der Waals surface area contributed by atoms with Crippen LogP contribution in [-0.4, -0.2) is 36.8 Å². The minimum atomic E-state index is -0.586. The van der Waals surface area contributed by atoms with Crippen LogP contribution < -0.4 is 0 Å². The molecule has 0 spiro atoms. The van der Waals surface area contributed by atoms with Crippen LogP contribution in [0.4, 0.5) is 0 Å². The third-order valence-corrected chi connectivity index (χ3v) is 4.87. The van der Waals surface area contributed by atoms with Crippen molar-refractivity contribution in [3.8, 4) is 0 Å². The van der Waals surface area contributed by atoms with Crippen LogP contribution in [-0.2, 0) is 5.54 Å². The summed E-state index contributed by atoms with van der Waals surface area (Å²) in [5, 5.41) is 0.726. The number of halogens is 1. The zero-order valence-corrected chi connectivity index (χ0v) is 18.7. The molecule has 0 aliphatic rings. The van der Waals surface area contributed by atoms with Gasteiger partial charge in [-0.15, -0.1) is 0 Å². The second-order valence-electron chi connectivity index (χ2n) is 5.89. The zero-order valence-electron chi connectivity index (χ0n) is 14.1. The van der Waals surface area contributed by atoms with Crippen LogP contribution in [0.1, 0.15) is 16.7 Å². The third-order valence-electron chi connectivity index (χ3n) is 4.54. The van der Waals surface area contributed by atoms with Crippen LogP contribution in [0.3, 0.4) is 0 Å². The van der Waals surface area contributed by atoms with Crippen molar-refractivity contribution < 1.29 is 0 Å². The van der Waals surface area contributed by atoms with Crippen molar-refractivity contribution in [2.24, 2.45) is 0 Å². The van der Waals surface area contributed by atoms with Gasteiger partial charge < -0.3 is 4.57 Å². The molecular formula is C22H17ClN2Pb. The number of aromatic nitrogens is 2. The SMILES string of the molecule is Clc1ccccc1C(c1ccccc1)(c1ccccc1)n1ccnc1.[Pb]. The number of nitrogens with zero attached hydrogens (tertiary/aromatic N) is 2. The third kappa shape index (κ3) is 3.12. The summed E-state index contributed by atoms with van der Waals surface area (Å²) in [6, 6.07) is 28.8. The molecule has 0 aliphatic heterocycles. The molecule has 0 amide bonds. The summed E-state index contributed by atoms with van der Waals surface area (Å²) in [5.74, 6) is 0. The van der Waals surface area contributed by atoms with E-state index in [9.17, 15) is 0 Å². The Labute approximate surface area is 178 Å². The first-order chi connectivity index (χ1) is 12.3. The van der Waals surface area contributed by atoms with E-state index >= 15 is 0 Å². The van der Waals surface area contributed by atoms with Crippen molar-refractivity contribution in [2.75, 3.05) is 0 Å². The van der Waals surface area contributed by atoms with Gasteiger partial charge in [0.2, 0.25) is 0 Å². The fourth-order valence-corrected chi connectivity index (χ4v) is 3.76. The number of imidazole rings is 1. The smallest absolute Gasteiger partial charge is 0.123 e. The van der Waals surface area contributed by atoms with E-state index in [0.29, 0.717) is 0 Å². The monoisotopic (exact) mass is 552 g/mol. The van der Waals surface area contributed by atoms with Crippen LogP contribution in [0, 0.1) is 0 Å². The molecular weight excluding hydrogens is 535 g/mol. The van der Waals surface area contributed by atoms with Crippen molar-refractivity contribution >= 4 is 38.9 Å². The molecule has 1 heterocycles. The maximum Gasteiger partial charge on any atom is 0.123 e. The average molecular weight is 552 g/mol. The number of hydrogen-bond donors (Lipinski definition) is 0. The van der Waals surface area contributed by atoms with E-state index in [1.165, 1.54) is 0 Å². The quantitative estimate of drug-likeness (QED) is 0.258. The molecule has 4 radical (unpaired) electrons. The van der Waals surface area contributed by atoms with Crippen molar-refractivity contribution in [2.45, 2.75) is 5.54 Å². The van der Waals surface area contributed by atoms with Gasteiger partial charge in [0.1, 0.15) is 5.54 Å². The van der Waals surface area contributed by atoms with Crippen molar-refractivity contribution in [1.29, 1.82) is 0 Å². The molecule has 26 heavy (non-hydrogen) atoms. The van der Waals surface area contributed by atoms with Crippen molar-refractivity contribution in [3.05, 3.63) is 125 Å². The Hall–Kier alpha value is -1.92. The van der Waals surface area contributed by atoms with E-state index in [0.717, 1.165) is 21.7 Å². The minimum Gasteiger partial charge on any atom is -0.319 e. The van der Waals surface area contributed by atoms with E-state index in [-0.39, 0.29) is 27.3 Å². The van der Waals surface area contributed by atoms with Gasteiger partial charge in [-0.3, -0.25) is 0 Å². The van der Waals surface area contributed by atoms with Gasteiger partial charge in [-0.1, -0.05) is 90.5 Å². The Balaban J connectivity index is 0.00000196. The van der Waals surface area contributed by atoms with Crippen LogP contribution >= 0.6 is 11.6 Å². The minimum absolute atomic E-state index is 0. The van der Waals surface area contributed by atoms with E-state index in [2.05, 4.69) is 64.1 Å². The number of rotatable bonds is 4. The molecule has 0 fully saturated rings. The molecule has 0 saturated heterocycles. The van der Waals surface area contributed by atoms with E-state index < -0.39 is 5.54 Å². The molecule has 0 atom stereocenters. The molecule has 0 bridgehead atoms. The van der Waals surface area contributed by atoms with Gasteiger partial charge in [-0.05, 0) is 17.2 Å². The molecule has 4 aromatic rings. The molecule has 0 N–H and O–H groups in total. The molecule has 4 rings (SSSR count). The van der Waals surface area contributed by atoms with Gasteiger partial charge >= 0.3 is 0 Å². The summed E-state index contributed by atoms with van der Waals surface area (Å²) in [5.41, 5.74) is 2.70. The summed E-state index contributed by atoms with van der Waals surface area (Å²) in [4.78, 5) is 4.31. The van der Waals surface area contributed by atoms with E-state index in [4.69, 9.17) is 11.6 Å². The molecule has 0 aliphatic carbocycles. The second kappa shape index (κ2) is 8.19. The topological polar surface area (TPSA) is 17.8 Å². The first-order valence-corrected chi connectivity index (χ1v) is 8.56. The van der Waals surface area contributed by atoms with Crippen LogP contribution in [0.2, 0.25) is 5.02 Å². The first-order valence-electron chi connectivity index (χ1n) is 8.18. The van der Waals surface area contributed by atoms with Gasteiger partial charge in [0, 0.05) is 50.3 Å². The first kappa shape index (κ1) is 18.9. The van der Waals surface area contributed by atoms with E-state index in [1.807, 2.05) is 42.9 Å². The summed E-state index contributed by atoms with van der Waals surface area (Å²) in [6.07, 6.45) is 5.64. The van der Waals surface area contributed by atoms with Crippen molar-refractivity contribution in [1.82, 2.24) is 9.55 Å². The van der Waals surface area contributed by atoms with Crippen molar-refractivity contribution in [3.63, 3.8) is 0 Å². The van der Waals surface area contributed by atoms with Gasteiger partial charge in [-0.2, -0.15) is 0 Å². The standard InChI is InChI=1S/C22H17ClN2.Pb/c23-21-14-8-7-13-20(21)22(25-16-15-24-17-25,18-9-3-1-4-10-18)19-11-5-2-6-12-19;/h1-17H;. The maximum absolute atomic E-state index is 6.69. The fraction of sp³-hybridized carbons (Fsp3) is 0.0455. The molecule has 1 aromatic heterocycles. The largest absolute Gasteiger partial charge is 0.319 e. The molecule has 3 aromatic carbocycles. The molecule has 4 heteroatoms. The fourth-order valence-electron chi connectivity index (χ4n) is 3.49.